The molecule has 124 valence electrons. The van der Waals surface area contributed by atoms with E-state index in [0.717, 1.165) is 12.8 Å². The average Bonchev–Trinajstić information content (AvgIpc) is 3.38. The van der Waals surface area contributed by atoms with Crippen molar-refractivity contribution in [2.45, 2.75) is 45.1 Å². The predicted molar refractivity (Wildman–Crippen MR) is 86.0 cm³/mol. The number of hydrogen-bond acceptors (Lipinski definition) is 4. The molecule has 1 fully saturated rings. The van der Waals surface area contributed by atoms with Crippen LogP contribution in [0.1, 0.15) is 49.4 Å². The monoisotopic (exact) mass is 317 g/mol. The Labute approximate surface area is 136 Å². The molecule has 23 heavy (non-hydrogen) atoms. The molecule has 5 heteroatoms. The molecular weight excluding hydrogens is 294 g/mol. The zero-order valence-electron chi connectivity index (χ0n) is 13.5. The van der Waals surface area contributed by atoms with E-state index in [1.54, 1.807) is 24.0 Å². The number of ether oxygens (including phenoxy) is 1. The zero-order valence-corrected chi connectivity index (χ0v) is 13.5. The largest absolute Gasteiger partial charge is 0.466 e. The maximum absolute atomic E-state index is 12.4. The van der Waals surface area contributed by atoms with E-state index in [4.69, 9.17) is 4.74 Å². The van der Waals surface area contributed by atoms with Crippen LogP contribution in [0.2, 0.25) is 0 Å². The molecule has 0 radical (unpaired) electrons. The number of amides is 1. The fraction of sp³-hybridized carbons (Fsp3) is 0.500. The first-order valence-electron chi connectivity index (χ1n) is 8.15. The minimum Gasteiger partial charge on any atom is -0.466 e. The number of hydrogen-bond donors (Lipinski definition) is 0. The standard InChI is InChI=1S/C18H23NO4/c1-2-23-18(22)12-13-19(15-8-9-15)17(21)11-10-16(20)14-6-4-3-5-7-14/h3-7,15H,2,8-13H2,1H3. The molecule has 2 rings (SSSR count). The molecule has 0 spiro atoms. The lowest BCUT2D eigenvalue weighted by Gasteiger charge is -2.22. The summed E-state index contributed by atoms with van der Waals surface area (Å²) in [6.07, 6.45) is 2.55. The van der Waals surface area contributed by atoms with E-state index in [2.05, 4.69) is 0 Å². The van der Waals surface area contributed by atoms with Gasteiger partial charge in [0.05, 0.1) is 13.0 Å². The van der Waals surface area contributed by atoms with Gasteiger partial charge in [-0.15, -0.1) is 0 Å². The Bertz CT molecular complexity index is 551. The summed E-state index contributed by atoms with van der Waals surface area (Å²) in [5.41, 5.74) is 0.629. The van der Waals surface area contributed by atoms with Crippen molar-refractivity contribution in [3.05, 3.63) is 35.9 Å². The van der Waals surface area contributed by atoms with Crippen molar-refractivity contribution in [1.29, 1.82) is 0 Å². The lowest BCUT2D eigenvalue weighted by atomic mass is 10.1. The number of nitrogens with zero attached hydrogens (tertiary/aromatic N) is 1. The van der Waals surface area contributed by atoms with Crippen LogP contribution in [0.5, 0.6) is 0 Å². The summed E-state index contributed by atoms with van der Waals surface area (Å²) in [4.78, 5) is 37.6. The van der Waals surface area contributed by atoms with Gasteiger partial charge in [0.1, 0.15) is 0 Å². The van der Waals surface area contributed by atoms with Crippen molar-refractivity contribution in [3.8, 4) is 0 Å². The molecule has 1 aromatic rings. The van der Waals surface area contributed by atoms with E-state index in [0.29, 0.717) is 18.7 Å². The van der Waals surface area contributed by atoms with Crippen molar-refractivity contribution in [2.24, 2.45) is 0 Å². The molecule has 0 bridgehead atoms. The lowest BCUT2D eigenvalue weighted by molar-refractivity contribution is -0.144. The molecule has 0 saturated heterocycles. The Morgan fingerprint density at radius 3 is 2.39 bits per heavy atom. The SMILES string of the molecule is CCOC(=O)CCN(C(=O)CCC(=O)c1ccccc1)C1CC1. The number of ketones is 1. The van der Waals surface area contributed by atoms with Gasteiger partial charge in [0, 0.05) is 31.0 Å². The molecule has 0 N–H and O–H groups in total. The van der Waals surface area contributed by atoms with Gasteiger partial charge >= 0.3 is 5.97 Å². The van der Waals surface area contributed by atoms with Gasteiger partial charge in [-0.1, -0.05) is 30.3 Å². The fourth-order valence-electron chi connectivity index (χ4n) is 2.47. The maximum Gasteiger partial charge on any atom is 0.307 e. The fourth-order valence-corrected chi connectivity index (χ4v) is 2.47. The Hall–Kier alpha value is -2.17. The molecule has 5 nitrogen and oxygen atoms in total. The quantitative estimate of drug-likeness (QED) is 0.519. The average molecular weight is 317 g/mol. The summed E-state index contributed by atoms with van der Waals surface area (Å²) in [5.74, 6) is -0.368. The summed E-state index contributed by atoms with van der Waals surface area (Å²) >= 11 is 0. The summed E-state index contributed by atoms with van der Waals surface area (Å²) < 4.78 is 4.90. The van der Waals surface area contributed by atoms with Gasteiger partial charge in [0.15, 0.2) is 5.78 Å². The highest BCUT2D eigenvalue weighted by atomic mass is 16.5. The predicted octanol–water partition coefficient (Wildman–Crippen LogP) is 2.59. The second-order valence-electron chi connectivity index (χ2n) is 5.66. The van der Waals surface area contributed by atoms with E-state index in [9.17, 15) is 14.4 Å². The van der Waals surface area contributed by atoms with Crippen LogP contribution in [-0.4, -0.2) is 41.8 Å². The zero-order chi connectivity index (χ0) is 16.7. The highest BCUT2D eigenvalue weighted by molar-refractivity contribution is 5.97. The molecule has 0 unspecified atom stereocenters. The van der Waals surface area contributed by atoms with Crippen LogP contribution in [-0.2, 0) is 14.3 Å². The highest BCUT2D eigenvalue weighted by Gasteiger charge is 2.32. The van der Waals surface area contributed by atoms with Gasteiger partial charge in [-0.3, -0.25) is 14.4 Å². The first kappa shape index (κ1) is 17.2. The van der Waals surface area contributed by atoms with Crippen LogP contribution in [0, 0.1) is 0 Å². The minimum atomic E-state index is -0.286. The summed E-state index contributed by atoms with van der Waals surface area (Å²) in [5, 5.41) is 0. The van der Waals surface area contributed by atoms with Crippen molar-refractivity contribution < 1.29 is 19.1 Å². The number of esters is 1. The Morgan fingerprint density at radius 1 is 1.09 bits per heavy atom. The van der Waals surface area contributed by atoms with Crippen molar-refractivity contribution in [3.63, 3.8) is 0 Å². The van der Waals surface area contributed by atoms with Gasteiger partial charge in [-0.05, 0) is 19.8 Å². The Kier molecular flexibility index (Phi) is 6.32. The van der Waals surface area contributed by atoms with E-state index in [1.165, 1.54) is 0 Å². The van der Waals surface area contributed by atoms with Crippen LogP contribution in [0.4, 0.5) is 0 Å². The molecule has 1 saturated carbocycles. The van der Waals surface area contributed by atoms with E-state index < -0.39 is 0 Å². The van der Waals surface area contributed by atoms with Crippen LogP contribution < -0.4 is 0 Å². The van der Waals surface area contributed by atoms with Gasteiger partial charge in [0.25, 0.3) is 0 Å². The summed E-state index contributed by atoms with van der Waals surface area (Å²) in [6, 6.07) is 9.21. The number of Topliss-reactive ketones (excluding diaryl/α,β-unsaturated/α-hetero) is 1. The third kappa shape index (κ3) is 5.51. The third-order valence-electron chi connectivity index (χ3n) is 3.83. The smallest absolute Gasteiger partial charge is 0.307 e. The maximum atomic E-state index is 12.4. The molecule has 0 aliphatic heterocycles. The molecule has 0 atom stereocenters. The van der Waals surface area contributed by atoms with E-state index in [-0.39, 0.29) is 43.0 Å². The van der Waals surface area contributed by atoms with E-state index >= 15 is 0 Å². The van der Waals surface area contributed by atoms with Gasteiger partial charge < -0.3 is 9.64 Å². The second kappa shape index (κ2) is 8.46. The first-order chi connectivity index (χ1) is 11.1. The highest BCUT2D eigenvalue weighted by Crippen LogP contribution is 2.28. The van der Waals surface area contributed by atoms with Crippen LogP contribution in [0.15, 0.2) is 30.3 Å². The molecule has 0 heterocycles. The summed E-state index contributed by atoms with van der Waals surface area (Å²) in [6.45, 7) is 2.49. The molecule has 0 aromatic heterocycles. The molecule has 1 amide bonds. The second-order valence-corrected chi connectivity index (χ2v) is 5.66. The number of rotatable bonds is 9. The van der Waals surface area contributed by atoms with Crippen LogP contribution in [0.3, 0.4) is 0 Å². The molecule has 1 aliphatic rings. The number of benzene rings is 1. The number of carbonyl (C=O) groups is 3. The van der Waals surface area contributed by atoms with Crippen LogP contribution in [0.25, 0.3) is 0 Å². The Morgan fingerprint density at radius 2 is 1.78 bits per heavy atom. The third-order valence-corrected chi connectivity index (χ3v) is 3.83. The van der Waals surface area contributed by atoms with Gasteiger partial charge in [-0.25, -0.2) is 0 Å². The Balaban J connectivity index is 1.81. The summed E-state index contributed by atoms with van der Waals surface area (Å²) in [7, 11) is 0. The van der Waals surface area contributed by atoms with Crippen molar-refractivity contribution in [2.75, 3.05) is 13.2 Å². The molecule has 1 aromatic carbocycles. The lowest BCUT2D eigenvalue weighted by Crippen LogP contribution is -2.35. The van der Waals surface area contributed by atoms with Crippen molar-refractivity contribution in [1.82, 2.24) is 4.90 Å². The van der Waals surface area contributed by atoms with Crippen LogP contribution >= 0.6 is 0 Å². The topological polar surface area (TPSA) is 63.7 Å². The first-order valence-corrected chi connectivity index (χ1v) is 8.15. The molecular formula is C18H23NO4. The minimum absolute atomic E-state index is 0.0277. The number of carbonyl (C=O) groups excluding carboxylic acids is 3. The van der Waals surface area contributed by atoms with Gasteiger partial charge in [0.2, 0.25) is 5.91 Å². The van der Waals surface area contributed by atoms with Crippen molar-refractivity contribution >= 4 is 17.7 Å². The van der Waals surface area contributed by atoms with E-state index in [1.807, 2.05) is 18.2 Å². The van der Waals surface area contributed by atoms with Gasteiger partial charge in [-0.2, -0.15) is 0 Å². The normalized spacial score (nSPS) is 13.4. The molecule has 1 aliphatic carbocycles.